The summed E-state index contributed by atoms with van der Waals surface area (Å²) in [6.45, 7) is 6.25. The van der Waals surface area contributed by atoms with Crippen LogP contribution in [0.2, 0.25) is 5.02 Å². The first-order chi connectivity index (χ1) is 12.7. The molecule has 2 aromatic carbocycles. The summed E-state index contributed by atoms with van der Waals surface area (Å²) in [5.41, 5.74) is 0.164. The standard InChI is InChI=1S/C20H20ClFN2O3/c1-4-24-15-9-8-12(10-16(15)27-11-20(2,3)19(24)26)23-18(25)17-13(21)6-5-7-14(17)22/h5-10H,4,11H2,1-3H3,(H,23,25). The zero-order valence-corrected chi connectivity index (χ0v) is 16.1. The maximum absolute atomic E-state index is 13.9. The largest absolute Gasteiger partial charge is 0.490 e. The topological polar surface area (TPSA) is 58.6 Å². The van der Waals surface area contributed by atoms with Crippen molar-refractivity contribution in [3.8, 4) is 5.75 Å². The Hall–Kier alpha value is -2.60. The minimum Gasteiger partial charge on any atom is -0.490 e. The van der Waals surface area contributed by atoms with E-state index in [1.807, 2.05) is 20.8 Å². The number of carbonyl (C=O) groups excluding carboxylic acids is 2. The maximum Gasteiger partial charge on any atom is 0.260 e. The SMILES string of the molecule is CCN1C(=O)C(C)(C)COc2cc(NC(=O)c3c(F)cccc3Cl)ccc21. The summed E-state index contributed by atoms with van der Waals surface area (Å²) in [5.74, 6) is -0.905. The molecule has 2 aromatic rings. The highest BCUT2D eigenvalue weighted by atomic mass is 35.5. The van der Waals surface area contributed by atoms with Crippen molar-refractivity contribution in [2.24, 2.45) is 5.41 Å². The highest BCUT2D eigenvalue weighted by Crippen LogP contribution is 2.38. The lowest BCUT2D eigenvalue weighted by atomic mass is 9.93. The van der Waals surface area contributed by atoms with Crippen LogP contribution in [0.15, 0.2) is 36.4 Å². The highest BCUT2D eigenvalue weighted by Gasteiger charge is 2.37. The number of anilines is 2. The third kappa shape index (κ3) is 3.62. The van der Waals surface area contributed by atoms with Gasteiger partial charge in [0.1, 0.15) is 18.2 Å². The van der Waals surface area contributed by atoms with Crippen LogP contribution < -0.4 is 15.0 Å². The van der Waals surface area contributed by atoms with E-state index in [0.29, 0.717) is 23.7 Å². The number of benzene rings is 2. The smallest absolute Gasteiger partial charge is 0.260 e. The van der Waals surface area contributed by atoms with Crippen molar-refractivity contribution in [3.05, 3.63) is 52.8 Å². The Morgan fingerprint density at radius 1 is 1.33 bits per heavy atom. The summed E-state index contributed by atoms with van der Waals surface area (Å²) in [7, 11) is 0. The van der Waals surface area contributed by atoms with Crippen LogP contribution in [0.3, 0.4) is 0 Å². The summed E-state index contributed by atoms with van der Waals surface area (Å²) in [6, 6.07) is 9.03. The third-order valence-corrected chi connectivity index (χ3v) is 4.74. The van der Waals surface area contributed by atoms with E-state index in [1.54, 1.807) is 23.1 Å². The van der Waals surface area contributed by atoms with Gasteiger partial charge in [0.25, 0.3) is 5.91 Å². The molecule has 0 bridgehead atoms. The first-order valence-corrected chi connectivity index (χ1v) is 8.96. The summed E-state index contributed by atoms with van der Waals surface area (Å²) in [5, 5.41) is 2.66. The Morgan fingerprint density at radius 2 is 2.07 bits per heavy atom. The van der Waals surface area contributed by atoms with Crippen LogP contribution in [0.1, 0.15) is 31.1 Å². The fourth-order valence-electron chi connectivity index (χ4n) is 2.95. The quantitative estimate of drug-likeness (QED) is 0.839. The van der Waals surface area contributed by atoms with E-state index in [-0.39, 0.29) is 23.1 Å². The number of halogens is 2. The molecule has 0 atom stereocenters. The minimum absolute atomic E-state index is 0.0290. The highest BCUT2D eigenvalue weighted by molar-refractivity contribution is 6.34. The molecule has 0 spiro atoms. The monoisotopic (exact) mass is 390 g/mol. The number of rotatable bonds is 3. The summed E-state index contributed by atoms with van der Waals surface area (Å²) in [4.78, 5) is 26.8. The predicted molar refractivity (Wildman–Crippen MR) is 103 cm³/mol. The Labute approximate surface area is 162 Å². The second kappa shape index (κ2) is 7.19. The van der Waals surface area contributed by atoms with Crippen LogP contribution in [0, 0.1) is 11.2 Å². The zero-order valence-electron chi connectivity index (χ0n) is 15.3. The molecule has 5 nitrogen and oxygen atoms in total. The van der Waals surface area contributed by atoms with E-state index in [4.69, 9.17) is 16.3 Å². The first-order valence-electron chi connectivity index (χ1n) is 8.59. The van der Waals surface area contributed by atoms with Gasteiger partial charge in [0.15, 0.2) is 0 Å². The van der Waals surface area contributed by atoms with E-state index in [2.05, 4.69) is 5.32 Å². The Bertz CT molecular complexity index is 894. The van der Waals surface area contributed by atoms with Crippen LogP contribution in [0.5, 0.6) is 5.75 Å². The lowest BCUT2D eigenvalue weighted by Gasteiger charge is -2.26. The molecule has 0 aromatic heterocycles. The van der Waals surface area contributed by atoms with E-state index in [0.717, 1.165) is 0 Å². The van der Waals surface area contributed by atoms with Crippen molar-refractivity contribution in [2.45, 2.75) is 20.8 Å². The van der Waals surface area contributed by atoms with Crippen molar-refractivity contribution >= 4 is 34.8 Å². The number of amides is 2. The average Bonchev–Trinajstić information content (AvgIpc) is 2.70. The van der Waals surface area contributed by atoms with Gasteiger partial charge in [-0.05, 0) is 45.0 Å². The van der Waals surface area contributed by atoms with Crippen LogP contribution in [0.4, 0.5) is 15.8 Å². The van der Waals surface area contributed by atoms with Crippen LogP contribution >= 0.6 is 11.6 Å². The predicted octanol–water partition coefficient (Wildman–Crippen LogP) is 4.50. The Kier molecular flexibility index (Phi) is 5.11. The van der Waals surface area contributed by atoms with E-state index in [1.165, 1.54) is 18.2 Å². The van der Waals surface area contributed by atoms with Gasteiger partial charge in [0.2, 0.25) is 5.91 Å². The molecule has 1 N–H and O–H groups in total. The normalized spacial score (nSPS) is 15.6. The molecule has 7 heteroatoms. The Morgan fingerprint density at radius 3 is 2.74 bits per heavy atom. The number of hydrogen-bond acceptors (Lipinski definition) is 3. The molecular weight excluding hydrogens is 371 g/mol. The molecule has 1 aliphatic heterocycles. The molecule has 0 aliphatic carbocycles. The van der Waals surface area contributed by atoms with Crippen molar-refractivity contribution in [1.29, 1.82) is 0 Å². The van der Waals surface area contributed by atoms with Crippen LogP contribution in [-0.4, -0.2) is 25.0 Å². The van der Waals surface area contributed by atoms with Crippen LogP contribution in [-0.2, 0) is 4.79 Å². The maximum atomic E-state index is 13.9. The molecule has 2 amide bonds. The van der Waals surface area contributed by atoms with Gasteiger partial charge >= 0.3 is 0 Å². The fraction of sp³-hybridized carbons (Fsp3) is 0.300. The van der Waals surface area contributed by atoms with E-state index in [9.17, 15) is 14.0 Å². The molecule has 3 rings (SSSR count). The van der Waals surface area contributed by atoms with E-state index < -0.39 is 17.1 Å². The van der Waals surface area contributed by atoms with Crippen LogP contribution in [0.25, 0.3) is 0 Å². The first kappa shape index (κ1) is 19.2. The van der Waals surface area contributed by atoms with Crippen molar-refractivity contribution in [3.63, 3.8) is 0 Å². The van der Waals surface area contributed by atoms with Gasteiger partial charge in [-0.1, -0.05) is 17.7 Å². The van der Waals surface area contributed by atoms with Gasteiger partial charge in [0.05, 0.1) is 21.7 Å². The third-order valence-electron chi connectivity index (χ3n) is 4.43. The second-order valence-corrected chi connectivity index (χ2v) is 7.36. The van der Waals surface area contributed by atoms with Crippen molar-refractivity contribution in [1.82, 2.24) is 0 Å². The van der Waals surface area contributed by atoms with Crippen molar-refractivity contribution in [2.75, 3.05) is 23.4 Å². The number of carbonyl (C=O) groups is 2. The Balaban J connectivity index is 1.92. The zero-order chi connectivity index (χ0) is 19.8. The number of fused-ring (bicyclic) bond motifs is 1. The molecular formula is C20H20ClFN2O3. The van der Waals surface area contributed by atoms with Crippen molar-refractivity contribution < 1.29 is 18.7 Å². The average molecular weight is 391 g/mol. The molecule has 0 unspecified atom stereocenters. The summed E-state index contributed by atoms with van der Waals surface area (Å²) < 4.78 is 19.8. The van der Waals surface area contributed by atoms with Gasteiger partial charge in [-0.15, -0.1) is 0 Å². The molecule has 1 aliphatic rings. The molecule has 1 heterocycles. The lowest BCUT2D eigenvalue weighted by molar-refractivity contribution is -0.127. The number of nitrogens with zero attached hydrogens (tertiary/aromatic N) is 1. The molecule has 0 saturated carbocycles. The van der Waals surface area contributed by atoms with Gasteiger partial charge < -0.3 is 15.0 Å². The minimum atomic E-state index is -0.699. The van der Waals surface area contributed by atoms with Gasteiger partial charge in [0, 0.05) is 18.3 Å². The number of hydrogen-bond donors (Lipinski definition) is 1. The molecule has 142 valence electrons. The number of ether oxygens (including phenoxy) is 1. The molecule has 27 heavy (non-hydrogen) atoms. The molecule has 0 fully saturated rings. The van der Waals surface area contributed by atoms with E-state index >= 15 is 0 Å². The van der Waals surface area contributed by atoms with Gasteiger partial charge in [-0.3, -0.25) is 9.59 Å². The fourth-order valence-corrected chi connectivity index (χ4v) is 3.20. The van der Waals surface area contributed by atoms with Gasteiger partial charge in [-0.2, -0.15) is 0 Å². The number of nitrogens with one attached hydrogen (secondary N) is 1. The summed E-state index contributed by atoms with van der Waals surface area (Å²) in [6.07, 6.45) is 0. The summed E-state index contributed by atoms with van der Waals surface area (Å²) >= 11 is 5.94. The molecule has 0 saturated heterocycles. The second-order valence-electron chi connectivity index (χ2n) is 6.96. The van der Waals surface area contributed by atoms with Gasteiger partial charge in [-0.25, -0.2) is 4.39 Å². The lowest BCUT2D eigenvalue weighted by Crippen LogP contribution is -2.42. The molecule has 0 radical (unpaired) electrons.